The van der Waals surface area contributed by atoms with Crippen LogP contribution in [0.25, 0.3) is 0 Å². The number of anilines is 1. The molecule has 1 aliphatic rings. The van der Waals surface area contributed by atoms with E-state index >= 15 is 0 Å². The zero-order chi connectivity index (χ0) is 15.2. The van der Waals surface area contributed by atoms with Crippen LogP contribution in [0.5, 0.6) is 5.88 Å². The number of aromatic nitrogens is 2. The molecule has 8 nitrogen and oxygen atoms in total. The van der Waals surface area contributed by atoms with E-state index in [2.05, 4.69) is 15.3 Å². The minimum Gasteiger partial charge on any atom is -0.474 e. The lowest BCUT2D eigenvalue weighted by atomic mass is 10.3. The molecule has 0 radical (unpaired) electrons. The summed E-state index contributed by atoms with van der Waals surface area (Å²) >= 11 is 5.95. The number of rotatable bonds is 6. The average Bonchev–Trinajstić information content (AvgIpc) is 2.91. The van der Waals surface area contributed by atoms with Gasteiger partial charge in [0, 0.05) is 26.2 Å². The first-order valence-corrected chi connectivity index (χ1v) is 6.86. The molecule has 1 unspecified atom stereocenters. The third-order valence-corrected chi connectivity index (χ3v) is 3.29. The normalized spacial score (nSPS) is 17.8. The maximum absolute atomic E-state index is 10.9. The summed E-state index contributed by atoms with van der Waals surface area (Å²) in [5.41, 5.74) is 0. The summed E-state index contributed by atoms with van der Waals surface area (Å²) in [6, 6.07) is -0.0194. The minimum atomic E-state index is -0.917. The maximum Gasteiger partial charge on any atom is 0.407 e. The number of carbonyl (C=O) groups is 1. The Morgan fingerprint density at radius 3 is 3.10 bits per heavy atom. The molecule has 21 heavy (non-hydrogen) atoms. The van der Waals surface area contributed by atoms with E-state index in [9.17, 15) is 4.79 Å². The smallest absolute Gasteiger partial charge is 0.407 e. The molecule has 2 N–H and O–H groups in total. The number of carboxylic acid groups (broad SMARTS) is 1. The van der Waals surface area contributed by atoms with Crippen molar-refractivity contribution in [2.75, 3.05) is 38.7 Å². The van der Waals surface area contributed by atoms with Crippen LogP contribution in [0, 0.1) is 0 Å². The topological polar surface area (TPSA) is 96.8 Å². The first-order valence-electron chi connectivity index (χ1n) is 6.49. The highest BCUT2D eigenvalue weighted by Gasteiger charge is 2.26. The summed E-state index contributed by atoms with van der Waals surface area (Å²) in [6.07, 6.45) is 1.24. The number of ether oxygens (including phenoxy) is 2. The van der Waals surface area contributed by atoms with Crippen molar-refractivity contribution < 1.29 is 19.4 Å². The predicted molar refractivity (Wildman–Crippen MR) is 76.0 cm³/mol. The van der Waals surface area contributed by atoms with Gasteiger partial charge in [-0.05, 0) is 6.42 Å². The van der Waals surface area contributed by atoms with Gasteiger partial charge in [-0.15, -0.1) is 0 Å². The van der Waals surface area contributed by atoms with Gasteiger partial charge in [0.15, 0.2) is 0 Å². The largest absolute Gasteiger partial charge is 0.474 e. The van der Waals surface area contributed by atoms with Crippen LogP contribution in [0.3, 0.4) is 0 Å². The van der Waals surface area contributed by atoms with E-state index < -0.39 is 6.09 Å². The van der Waals surface area contributed by atoms with E-state index in [1.54, 1.807) is 7.11 Å². The minimum absolute atomic E-state index is 0.0194. The molecule has 0 saturated carbocycles. The lowest BCUT2D eigenvalue weighted by Gasteiger charge is -2.14. The predicted octanol–water partition coefficient (Wildman–Crippen LogP) is 1.32. The van der Waals surface area contributed by atoms with Crippen LogP contribution in [0.1, 0.15) is 6.42 Å². The molecule has 1 atom stereocenters. The Morgan fingerprint density at radius 1 is 1.62 bits per heavy atom. The number of nitrogens with zero attached hydrogens (tertiary/aromatic N) is 3. The van der Waals surface area contributed by atoms with Gasteiger partial charge in [-0.25, -0.2) is 9.78 Å². The molecular formula is C12H17ClN4O4. The van der Waals surface area contributed by atoms with Crippen LogP contribution in [-0.2, 0) is 4.74 Å². The Labute approximate surface area is 127 Å². The molecule has 0 aromatic carbocycles. The Kier molecular flexibility index (Phi) is 5.40. The molecule has 1 saturated heterocycles. The Balaban J connectivity index is 1.94. The van der Waals surface area contributed by atoms with Gasteiger partial charge in [0.05, 0.1) is 12.8 Å². The van der Waals surface area contributed by atoms with Crippen molar-refractivity contribution in [1.29, 1.82) is 0 Å². The molecule has 9 heteroatoms. The SMILES string of the molecule is COCCOc1nc(NC2CCN(C(=O)O)C2)ncc1Cl. The lowest BCUT2D eigenvalue weighted by Crippen LogP contribution is -2.30. The van der Waals surface area contributed by atoms with Crippen molar-refractivity contribution in [3.63, 3.8) is 0 Å². The van der Waals surface area contributed by atoms with Crippen LogP contribution >= 0.6 is 11.6 Å². The third kappa shape index (κ3) is 4.33. The monoisotopic (exact) mass is 316 g/mol. The second kappa shape index (κ2) is 7.28. The van der Waals surface area contributed by atoms with Crippen LogP contribution < -0.4 is 10.1 Å². The molecule has 2 rings (SSSR count). The summed E-state index contributed by atoms with van der Waals surface area (Å²) in [6.45, 7) is 1.67. The van der Waals surface area contributed by atoms with E-state index in [1.807, 2.05) is 0 Å². The van der Waals surface area contributed by atoms with Gasteiger partial charge in [0.1, 0.15) is 11.6 Å². The number of methoxy groups -OCH3 is 1. The molecular weight excluding hydrogens is 300 g/mol. The molecule has 2 heterocycles. The number of halogens is 1. The zero-order valence-corrected chi connectivity index (χ0v) is 12.3. The standard InChI is InChI=1S/C12H17ClN4O4/c1-20-4-5-21-10-9(13)6-14-11(16-10)15-8-2-3-17(7-8)12(18)19/h6,8H,2-5,7H2,1H3,(H,18,19)(H,14,15,16). The Hall–Kier alpha value is -1.80. The van der Waals surface area contributed by atoms with Gasteiger partial charge in [-0.2, -0.15) is 4.98 Å². The second-order valence-corrected chi connectivity index (χ2v) is 4.95. The van der Waals surface area contributed by atoms with E-state index in [0.29, 0.717) is 43.7 Å². The fourth-order valence-corrected chi connectivity index (χ4v) is 2.12. The molecule has 1 fully saturated rings. The van der Waals surface area contributed by atoms with E-state index in [-0.39, 0.29) is 11.9 Å². The van der Waals surface area contributed by atoms with Crippen LogP contribution in [-0.4, -0.2) is 65.5 Å². The molecule has 1 aromatic rings. The second-order valence-electron chi connectivity index (χ2n) is 4.55. The van der Waals surface area contributed by atoms with Gasteiger partial charge in [0.25, 0.3) is 0 Å². The van der Waals surface area contributed by atoms with Crippen LogP contribution in [0.15, 0.2) is 6.20 Å². The molecule has 1 aliphatic heterocycles. The summed E-state index contributed by atoms with van der Waals surface area (Å²) < 4.78 is 10.3. The zero-order valence-electron chi connectivity index (χ0n) is 11.6. The quantitative estimate of drug-likeness (QED) is 0.764. The first-order chi connectivity index (χ1) is 10.1. The fraction of sp³-hybridized carbons (Fsp3) is 0.583. The van der Waals surface area contributed by atoms with Gasteiger partial charge in [0.2, 0.25) is 11.8 Å². The van der Waals surface area contributed by atoms with Crippen LogP contribution in [0.4, 0.5) is 10.7 Å². The van der Waals surface area contributed by atoms with Crippen molar-refractivity contribution in [3.05, 3.63) is 11.2 Å². The van der Waals surface area contributed by atoms with Gasteiger partial charge in [-0.3, -0.25) is 0 Å². The molecule has 116 valence electrons. The summed E-state index contributed by atoms with van der Waals surface area (Å²) in [7, 11) is 1.58. The summed E-state index contributed by atoms with van der Waals surface area (Å²) in [4.78, 5) is 20.5. The highest BCUT2D eigenvalue weighted by Crippen LogP contribution is 2.23. The Morgan fingerprint density at radius 2 is 2.43 bits per heavy atom. The highest BCUT2D eigenvalue weighted by atomic mass is 35.5. The van der Waals surface area contributed by atoms with Gasteiger partial charge >= 0.3 is 6.09 Å². The number of nitrogens with one attached hydrogen (secondary N) is 1. The van der Waals surface area contributed by atoms with Crippen molar-refractivity contribution in [1.82, 2.24) is 14.9 Å². The number of likely N-dealkylation sites (tertiary alicyclic amines) is 1. The molecule has 0 bridgehead atoms. The molecule has 0 aliphatic carbocycles. The molecule has 0 spiro atoms. The molecule has 1 aromatic heterocycles. The van der Waals surface area contributed by atoms with Crippen LogP contribution in [0.2, 0.25) is 5.02 Å². The van der Waals surface area contributed by atoms with Crippen molar-refractivity contribution in [2.24, 2.45) is 0 Å². The van der Waals surface area contributed by atoms with Gasteiger partial charge in [-0.1, -0.05) is 11.6 Å². The third-order valence-electron chi connectivity index (χ3n) is 3.03. The number of hydrogen-bond acceptors (Lipinski definition) is 6. The summed E-state index contributed by atoms with van der Waals surface area (Å²) in [5, 5.41) is 12.3. The first kappa shape index (κ1) is 15.6. The van der Waals surface area contributed by atoms with Crippen molar-refractivity contribution in [2.45, 2.75) is 12.5 Å². The van der Waals surface area contributed by atoms with Gasteiger partial charge < -0.3 is 24.8 Å². The van der Waals surface area contributed by atoms with Crippen molar-refractivity contribution >= 4 is 23.6 Å². The van der Waals surface area contributed by atoms with E-state index in [1.165, 1.54) is 11.1 Å². The number of amides is 1. The highest BCUT2D eigenvalue weighted by molar-refractivity contribution is 6.31. The molecule has 1 amide bonds. The number of hydrogen-bond donors (Lipinski definition) is 2. The summed E-state index contributed by atoms with van der Waals surface area (Å²) in [5.74, 6) is 0.642. The van der Waals surface area contributed by atoms with E-state index in [0.717, 1.165) is 0 Å². The lowest BCUT2D eigenvalue weighted by molar-refractivity contribution is 0.144. The maximum atomic E-state index is 10.9. The average molecular weight is 317 g/mol. The van der Waals surface area contributed by atoms with E-state index in [4.69, 9.17) is 26.2 Å². The van der Waals surface area contributed by atoms with Crippen molar-refractivity contribution in [3.8, 4) is 5.88 Å². The fourth-order valence-electron chi connectivity index (χ4n) is 1.98. The Bertz CT molecular complexity index is 502.